The summed E-state index contributed by atoms with van der Waals surface area (Å²) in [5.41, 5.74) is 0.907. The van der Waals surface area contributed by atoms with Crippen LogP contribution in [0, 0.1) is 18.6 Å². The first-order valence-electron chi connectivity index (χ1n) is 8.93. The van der Waals surface area contributed by atoms with Crippen LogP contribution in [-0.2, 0) is 0 Å². The van der Waals surface area contributed by atoms with Crippen LogP contribution in [0.15, 0.2) is 41.3 Å². The molecule has 3 rings (SSSR count). The zero-order valence-electron chi connectivity index (χ0n) is 15.6. The van der Waals surface area contributed by atoms with Crippen LogP contribution in [0.25, 0.3) is 0 Å². The molecular weight excluding hydrogens is 411 g/mol. The van der Waals surface area contributed by atoms with Crippen LogP contribution in [0.5, 0.6) is 0 Å². The Kier molecular flexibility index (Phi) is 6.36. The minimum absolute atomic E-state index is 0.220. The van der Waals surface area contributed by atoms with E-state index in [1.54, 1.807) is 16.7 Å². The Hall–Kier alpha value is -2.29. The number of hydrogen-bond acceptors (Lipinski definition) is 3. The molecule has 1 heterocycles. The third-order valence-electron chi connectivity index (χ3n) is 4.61. The van der Waals surface area contributed by atoms with Crippen LogP contribution in [0.3, 0.4) is 0 Å². The van der Waals surface area contributed by atoms with E-state index < -0.39 is 23.6 Å². The van der Waals surface area contributed by atoms with Crippen molar-refractivity contribution in [2.75, 3.05) is 36.8 Å². The molecule has 2 aromatic rings. The largest absolute Gasteiger partial charge is 0.398 e. The zero-order chi connectivity index (χ0) is 21.2. The second kappa shape index (κ2) is 8.61. The van der Waals surface area contributed by atoms with Crippen LogP contribution in [-0.4, -0.2) is 48.9 Å². The van der Waals surface area contributed by atoms with E-state index in [0.29, 0.717) is 48.4 Å². The summed E-state index contributed by atoms with van der Waals surface area (Å²) >= 11 is 0.627. The Labute approximate surface area is 169 Å². The number of nitrogens with zero attached hydrogens (tertiary/aromatic N) is 2. The maximum Gasteiger partial charge on any atom is 0.398 e. The standard InChI is InChI=1S/C20H19F5N2OS/c1-13-9-16(22)17(11-18(13)29-12-20(23,24)25)26-5-7-27(8-6-26)19(28)14-3-2-4-15(21)10-14/h2-4,9-11H,5-8,12H2,1H3. The molecule has 3 nitrogen and oxygen atoms in total. The van der Waals surface area contributed by atoms with Gasteiger partial charge < -0.3 is 9.80 Å². The Morgan fingerprint density at radius 3 is 2.38 bits per heavy atom. The zero-order valence-corrected chi connectivity index (χ0v) is 16.4. The average Bonchev–Trinajstić information content (AvgIpc) is 2.66. The summed E-state index contributed by atoms with van der Waals surface area (Å²) in [5.74, 6) is -2.37. The van der Waals surface area contributed by atoms with Crippen molar-refractivity contribution in [2.45, 2.75) is 18.0 Å². The Morgan fingerprint density at radius 1 is 1.07 bits per heavy atom. The smallest absolute Gasteiger partial charge is 0.366 e. The molecule has 0 aromatic heterocycles. The lowest BCUT2D eigenvalue weighted by Crippen LogP contribution is -2.49. The molecular formula is C20H19F5N2OS. The lowest BCUT2D eigenvalue weighted by molar-refractivity contribution is -0.105. The molecule has 1 fully saturated rings. The molecule has 1 aliphatic heterocycles. The average molecular weight is 430 g/mol. The number of alkyl halides is 3. The molecule has 0 aliphatic carbocycles. The van der Waals surface area contributed by atoms with Crippen molar-refractivity contribution in [2.24, 2.45) is 0 Å². The van der Waals surface area contributed by atoms with Gasteiger partial charge in [0.1, 0.15) is 11.6 Å². The van der Waals surface area contributed by atoms with E-state index in [0.717, 1.165) is 0 Å². The van der Waals surface area contributed by atoms with Gasteiger partial charge in [0, 0.05) is 36.6 Å². The van der Waals surface area contributed by atoms with E-state index in [-0.39, 0.29) is 17.2 Å². The van der Waals surface area contributed by atoms with Crippen LogP contribution < -0.4 is 4.90 Å². The first-order valence-corrected chi connectivity index (χ1v) is 9.92. The Bertz CT molecular complexity index is 895. The van der Waals surface area contributed by atoms with E-state index >= 15 is 0 Å². The molecule has 0 N–H and O–H groups in total. The van der Waals surface area contributed by atoms with Crippen molar-refractivity contribution in [3.8, 4) is 0 Å². The minimum atomic E-state index is -4.31. The topological polar surface area (TPSA) is 23.6 Å². The van der Waals surface area contributed by atoms with Gasteiger partial charge in [-0.2, -0.15) is 13.2 Å². The molecule has 29 heavy (non-hydrogen) atoms. The van der Waals surface area contributed by atoms with Crippen molar-refractivity contribution in [3.63, 3.8) is 0 Å². The highest BCUT2D eigenvalue weighted by molar-refractivity contribution is 7.99. The van der Waals surface area contributed by atoms with Crippen molar-refractivity contribution in [1.29, 1.82) is 0 Å². The first kappa shape index (κ1) is 21.4. The quantitative estimate of drug-likeness (QED) is 0.510. The summed E-state index contributed by atoms with van der Waals surface area (Å²) in [4.78, 5) is 16.1. The lowest BCUT2D eigenvalue weighted by atomic mass is 10.1. The van der Waals surface area contributed by atoms with Crippen LogP contribution in [0.1, 0.15) is 15.9 Å². The maximum atomic E-state index is 14.5. The Balaban J connectivity index is 1.69. The van der Waals surface area contributed by atoms with Crippen molar-refractivity contribution in [3.05, 3.63) is 59.2 Å². The molecule has 2 aromatic carbocycles. The van der Waals surface area contributed by atoms with Crippen LogP contribution in [0.2, 0.25) is 0 Å². The van der Waals surface area contributed by atoms with Gasteiger partial charge in [-0.25, -0.2) is 8.78 Å². The normalized spacial score (nSPS) is 15.0. The number of aryl methyl sites for hydroxylation is 1. The molecule has 156 valence electrons. The van der Waals surface area contributed by atoms with E-state index in [1.807, 2.05) is 0 Å². The van der Waals surface area contributed by atoms with Gasteiger partial charge >= 0.3 is 6.18 Å². The summed E-state index contributed by atoms with van der Waals surface area (Å²) in [6.07, 6.45) is -4.31. The molecule has 0 unspecified atom stereocenters. The summed E-state index contributed by atoms with van der Waals surface area (Å²) < 4.78 is 65.4. The molecule has 9 heteroatoms. The SMILES string of the molecule is Cc1cc(F)c(N2CCN(C(=O)c3cccc(F)c3)CC2)cc1SCC(F)(F)F. The minimum Gasteiger partial charge on any atom is -0.366 e. The fraction of sp³-hybridized carbons (Fsp3) is 0.350. The summed E-state index contributed by atoms with van der Waals surface area (Å²) in [6.45, 7) is 2.82. The molecule has 0 radical (unpaired) electrons. The van der Waals surface area contributed by atoms with Gasteiger partial charge in [0.2, 0.25) is 0 Å². The fourth-order valence-corrected chi connectivity index (χ4v) is 3.95. The summed E-state index contributed by atoms with van der Waals surface area (Å²) in [5, 5.41) is 0. The number of halogens is 5. The second-order valence-electron chi connectivity index (χ2n) is 6.76. The van der Waals surface area contributed by atoms with Gasteiger partial charge in [-0.15, -0.1) is 11.8 Å². The molecule has 0 saturated carbocycles. The lowest BCUT2D eigenvalue weighted by Gasteiger charge is -2.36. The Morgan fingerprint density at radius 2 is 1.76 bits per heavy atom. The fourth-order valence-electron chi connectivity index (χ4n) is 3.15. The van der Waals surface area contributed by atoms with Gasteiger partial charge in [0.05, 0.1) is 11.4 Å². The monoisotopic (exact) mass is 430 g/mol. The number of hydrogen-bond donors (Lipinski definition) is 0. The molecule has 1 aliphatic rings. The third kappa shape index (κ3) is 5.41. The number of piperazine rings is 1. The summed E-state index contributed by atoms with van der Waals surface area (Å²) in [7, 11) is 0. The second-order valence-corrected chi connectivity index (χ2v) is 7.78. The van der Waals surface area contributed by atoms with Crippen molar-refractivity contribution in [1.82, 2.24) is 4.90 Å². The van der Waals surface area contributed by atoms with E-state index in [2.05, 4.69) is 0 Å². The molecule has 0 bridgehead atoms. The third-order valence-corrected chi connectivity index (χ3v) is 5.84. The van der Waals surface area contributed by atoms with Gasteiger partial charge in [-0.3, -0.25) is 4.79 Å². The van der Waals surface area contributed by atoms with Gasteiger partial charge in [-0.1, -0.05) is 6.07 Å². The van der Waals surface area contributed by atoms with E-state index in [1.165, 1.54) is 36.4 Å². The number of benzene rings is 2. The van der Waals surface area contributed by atoms with Gasteiger partial charge in [-0.05, 0) is 42.8 Å². The van der Waals surface area contributed by atoms with Gasteiger partial charge in [0.15, 0.2) is 0 Å². The van der Waals surface area contributed by atoms with Gasteiger partial charge in [0.25, 0.3) is 5.91 Å². The predicted octanol–water partition coefficient (Wildman–Crippen LogP) is 4.89. The first-order chi connectivity index (χ1) is 13.6. The molecule has 1 saturated heterocycles. The number of rotatable bonds is 4. The number of anilines is 1. The highest BCUT2D eigenvalue weighted by Gasteiger charge is 2.29. The maximum absolute atomic E-state index is 14.5. The highest BCUT2D eigenvalue weighted by Crippen LogP contribution is 2.34. The number of carbonyl (C=O) groups excluding carboxylic acids is 1. The van der Waals surface area contributed by atoms with Crippen LogP contribution in [0.4, 0.5) is 27.6 Å². The van der Waals surface area contributed by atoms with Crippen LogP contribution >= 0.6 is 11.8 Å². The summed E-state index contributed by atoms with van der Waals surface area (Å²) in [6, 6.07) is 8.08. The van der Waals surface area contributed by atoms with Crippen molar-refractivity contribution < 1.29 is 26.7 Å². The molecule has 0 atom stereocenters. The van der Waals surface area contributed by atoms with E-state index in [9.17, 15) is 26.7 Å². The van der Waals surface area contributed by atoms with Crippen molar-refractivity contribution >= 4 is 23.4 Å². The number of amides is 1. The highest BCUT2D eigenvalue weighted by atomic mass is 32.2. The predicted molar refractivity (Wildman–Crippen MR) is 102 cm³/mol. The molecule has 1 amide bonds. The molecule has 0 spiro atoms. The van der Waals surface area contributed by atoms with E-state index in [4.69, 9.17) is 0 Å². The number of carbonyl (C=O) groups is 1. The number of thioether (sulfide) groups is 1.